The Morgan fingerprint density at radius 2 is 1.61 bits per heavy atom. The maximum Gasteiger partial charge on any atom is 0.306 e. The Kier molecular flexibility index (Phi) is 7.71. The van der Waals surface area contributed by atoms with Gasteiger partial charge in [-0.1, -0.05) is 0 Å². The van der Waals surface area contributed by atoms with Crippen molar-refractivity contribution >= 4 is 17.8 Å². The van der Waals surface area contributed by atoms with Crippen LogP contribution in [0.4, 0.5) is 0 Å². The number of carbonyl (C=O) groups excluding carboxylic acids is 3. The Bertz CT molecular complexity index is 552. The molecule has 3 saturated heterocycles. The summed E-state index contributed by atoms with van der Waals surface area (Å²) in [6.07, 6.45) is 6.57. The highest BCUT2D eigenvalue weighted by molar-refractivity contribution is 5.81. The fraction of sp³-hybridized carbons (Fsp3) is 0.857. The Balaban J connectivity index is 1.28. The lowest BCUT2D eigenvalue weighted by molar-refractivity contribution is -0.147. The first kappa shape index (κ1) is 21.1. The number of ether oxygens (including phenoxy) is 1. The number of esters is 1. The molecule has 0 spiro atoms. The van der Waals surface area contributed by atoms with Gasteiger partial charge in [-0.15, -0.1) is 0 Å². The summed E-state index contributed by atoms with van der Waals surface area (Å²) in [5, 5.41) is 0. The fourth-order valence-electron chi connectivity index (χ4n) is 4.77. The molecule has 28 heavy (non-hydrogen) atoms. The van der Waals surface area contributed by atoms with Crippen molar-refractivity contribution in [3.63, 3.8) is 0 Å². The molecule has 2 amide bonds. The second kappa shape index (κ2) is 10.2. The maximum atomic E-state index is 12.4. The van der Waals surface area contributed by atoms with E-state index in [-0.39, 0.29) is 37.2 Å². The van der Waals surface area contributed by atoms with E-state index in [0.29, 0.717) is 13.0 Å². The SMILES string of the molecule is CN1CCC(C2CCN(C(=O)CCC(=O)OCCN3CCCC3=O)CC2)CC1. The summed E-state index contributed by atoms with van der Waals surface area (Å²) in [5.41, 5.74) is 0. The van der Waals surface area contributed by atoms with E-state index in [0.717, 1.165) is 50.7 Å². The van der Waals surface area contributed by atoms with Gasteiger partial charge in [0.05, 0.1) is 13.0 Å². The third kappa shape index (κ3) is 5.93. The summed E-state index contributed by atoms with van der Waals surface area (Å²) in [4.78, 5) is 41.8. The van der Waals surface area contributed by atoms with Gasteiger partial charge in [0, 0.05) is 32.5 Å². The highest BCUT2D eigenvalue weighted by Gasteiger charge is 2.30. The number of carbonyl (C=O) groups is 3. The van der Waals surface area contributed by atoms with Crippen molar-refractivity contribution in [1.82, 2.24) is 14.7 Å². The predicted molar refractivity (Wildman–Crippen MR) is 106 cm³/mol. The molecule has 3 aliphatic heterocycles. The zero-order valence-electron chi connectivity index (χ0n) is 17.2. The molecule has 0 bridgehead atoms. The molecule has 0 unspecified atom stereocenters. The van der Waals surface area contributed by atoms with Gasteiger partial charge in [-0.25, -0.2) is 0 Å². The summed E-state index contributed by atoms with van der Waals surface area (Å²) in [5.74, 6) is 1.41. The molecule has 0 aromatic heterocycles. The summed E-state index contributed by atoms with van der Waals surface area (Å²) in [6, 6.07) is 0. The summed E-state index contributed by atoms with van der Waals surface area (Å²) >= 11 is 0. The van der Waals surface area contributed by atoms with E-state index in [1.54, 1.807) is 4.90 Å². The van der Waals surface area contributed by atoms with E-state index < -0.39 is 0 Å². The molecule has 7 heteroatoms. The monoisotopic (exact) mass is 393 g/mol. The summed E-state index contributed by atoms with van der Waals surface area (Å²) in [6.45, 7) is 5.46. The van der Waals surface area contributed by atoms with Crippen LogP contribution in [0.15, 0.2) is 0 Å². The van der Waals surface area contributed by atoms with E-state index in [1.165, 1.54) is 25.9 Å². The van der Waals surface area contributed by atoms with Gasteiger partial charge in [-0.2, -0.15) is 0 Å². The fourth-order valence-corrected chi connectivity index (χ4v) is 4.77. The smallest absolute Gasteiger partial charge is 0.306 e. The van der Waals surface area contributed by atoms with Crippen LogP contribution in [0.3, 0.4) is 0 Å². The molecule has 0 aliphatic carbocycles. The Hall–Kier alpha value is -1.63. The number of amides is 2. The molecule has 0 radical (unpaired) electrons. The second-order valence-corrected chi connectivity index (χ2v) is 8.56. The molecular formula is C21H35N3O4. The van der Waals surface area contributed by atoms with Crippen LogP contribution in [0.2, 0.25) is 0 Å². The average Bonchev–Trinajstić information content (AvgIpc) is 3.12. The third-order valence-electron chi connectivity index (χ3n) is 6.66. The van der Waals surface area contributed by atoms with Gasteiger partial charge in [-0.3, -0.25) is 14.4 Å². The molecule has 0 aromatic carbocycles. The lowest BCUT2D eigenvalue weighted by Crippen LogP contribution is -2.42. The molecule has 3 heterocycles. The van der Waals surface area contributed by atoms with Crippen LogP contribution in [-0.2, 0) is 19.1 Å². The van der Waals surface area contributed by atoms with E-state index in [1.807, 2.05) is 4.90 Å². The largest absolute Gasteiger partial charge is 0.464 e. The van der Waals surface area contributed by atoms with Crippen molar-refractivity contribution < 1.29 is 19.1 Å². The van der Waals surface area contributed by atoms with Gasteiger partial charge in [0.1, 0.15) is 6.61 Å². The molecule has 7 nitrogen and oxygen atoms in total. The molecule has 0 saturated carbocycles. The van der Waals surface area contributed by atoms with E-state index in [9.17, 15) is 14.4 Å². The average molecular weight is 394 g/mol. The minimum atomic E-state index is -0.346. The quantitative estimate of drug-likeness (QED) is 0.613. The maximum absolute atomic E-state index is 12.4. The summed E-state index contributed by atoms with van der Waals surface area (Å²) in [7, 11) is 2.19. The predicted octanol–water partition coefficient (Wildman–Crippen LogP) is 1.51. The number of hydrogen-bond acceptors (Lipinski definition) is 5. The number of piperidine rings is 2. The van der Waals surface area contributed by atoms with E-state index in [2.05, 4.69) is 11.9 Å². The van der Waals surface area contributed by atoms with Crippen molar-refractivity contribution in [1.29, 1.82) is 0 Å². The highest BCUT2D eigenvalue weighted by Crippen LogP contribution is 2.32. The van der Waals surface area contributed by atoms with Gasteiger partial charge < -0.3 is 19.4 Å². The van der Waals surface area contributed by atoms with Crippen molar-refractivity contribution in [3.8, 4) is 0 Å². The molecule has 158 valence electrons. The second-order valence-electron chi connectivity index (χ2n) is 8.56. The number of nitrogens with zero attached hydrogens (tertiary/aromatic N) is 3. The molecule has 0 atom stereocenters. The van der Waals surface area contributed by atoms with Crippen molar-refractivity contribution in [2.24, 2.45) is 11.8 Å². The normalized spacial score (nSPS) is 22.7. The summed E-state index contributed by atoms with van der Waals surface area (Å²) < 4.78 is 5.19. The molecule has 3 rings (SSSR count). The minimum Gasteiger partial charge on any atom is -0.464 e. The number of hydrogen-bond donors (Lipinski definition) is 0. The van der Waals surface area contributed by atoms with Crippen LogP contribution in [0.25, 0.3) is 0 Å². The van der Waals surface area contributed by atoms with Crippen molar-refractivity contribution in [3.05, 3.63) is 0 Å². The van der Waals surface area contributed by atoms with Gasteiger partial charge in [-0.05, 0) is 64.1 Å². The lowest BCUT2D eigenvalue weighted by atomic mass is 9.79. The van der Waals surface area contributed by atoms with Crippen LogP contribution in [0, 0.1) is 11.8 Å². The molecule has 3 fully saturated rings. The van der Waals surface area contributed by atoms with Crippen LogP contribution < -0.4 is 0 Å². The van der Waals surface area contributed by atoms with E-state index in [4.69, 9.17) is 4.74 Å². The molecule has 0 N–H and O–H groups in total. The third-order valence-corrected chi connectivity index (χ3v) is 6.66. The van der Waals surface area contributed by atoms with Gasteiger partial charge >= 0.3 is 5.97 Å². The standard InChI is InChI=1S/C21H35N3O4/c1-22-11-6-17(7-12-22)18-8-13-24(14-9-18)20(26)4-5-21(27)28-16-15-23-10-2-3-19(23)25/h17-18H,2-16H2,1H3. The molecular weight excluding hydrogens is 358 g/mol. The molecule has 3 aliphatic rings. The van der Waals surface area contributed by atoms with Crippen molar-refractivity contribution in [2.75, 3.05) is 52.9 Å². The van der Waals surface area contributed by atoms with Crippen molar-refractivity contribution in [2.45, 2.75) is 51.4 Å². The van der Waals surface area contributed by atoms with Gasteiger partial charge in [0.25, 0.3) is 0 Å². The van der Waals surface area contributed by atoms with Gasteiger partial charge in [0.2, 0.25) is 11.8 Å². The Labute approximate surface area is 168 Å². The van der Waals surface area contributed by atoms with Crippen LogP contribution in [0.1, 0.15) is 51.4 Å². The number of likely N-dealkylation sites (tertiary alicyclic amines) is 3. The topological polar surface area (TPSA) is 70.2 Å². The first-order chi connectivity index (χ1) is 13.5. The van der Waals surface area contributed by atoms with E-state index >= 15 is 0 Å². The van der Waals surface area contributed by atoms with Crippen LogP contribution >= 0.6 is 0 Å². The van der Waals surface area contributed by atoms with Gasteiger partial charge in [0.15, 0.2) is 0 Å². The minimum absolute atomic E-state index is 0.0634. The highest BCUT2D eigenvalue weighted by atomic mass is 16.5. The zero-order valence-corrected chi connectivity index (χ0v) is 17.2. The first-order valence-electron chi connectivity index (χ1n) is 10.9. The lowest BCUT2D eigenvalue weighted by Gasteiger charge is -2.39. The van der Waals surface area contributed by atoms with Crippen LogP contribution in [0.5, 0.6) is 0 Å². The number of rotatable bonds is 7. The Morgan fingerprint density at radius 3 is 2.21 bits per heavy atom. The first-order valence-corrected chi connectivity index (χ1v) is 10.9. The molecule has 0 aromatic rings. The Morgan fingerprint density at radius 1 is 0.964 bits per heavy atom. The van der Waals surface area contributed by atoms with Crippen LogP contribution in [-0.4, -0.2) is 85.4 Å². The zero-order chi connectivity index (χ0) is 19.9.